The molecule has 0 aliphatic heterocycles. The molecule has 0 heterocycles. The second-order valence-corrected chi connectivity index (χ2v) is 4.63. The number of halogens is 1. The second kappa shape index (κ2) is 6.61. The van der Waals surface area contributed by atoms with Crippen LogP contribution in [0.2, 0.25) is 5.02 Å². The lowest BCUT2D eigenvalue weighted by atomic mass is 10.2. The number of carbonyl (C=O) groups excluding carboxylic acids is 1. The third-order valence-corrected chi connectivity index (χ3v) is 2.94. The Kier molecular flexibility index (Phi) is 5.44. The van der Waals surface area contributed by atoms with Crippen molar-refractivity contribution in [2.45, 2.75) is 39.4 Å². The van der Waals surface area contributed by atoms with Gasteiger partial charge in [0, 0.05) is 5.69 Å². The van der Waals surface area contributed by atoms with Gasteiger partial charge in [-0.05, 0) is 38.5 Å². The van der Waals surface area contributed by atoms with Gasteiger partial charge in [0.05, 0.1) is 16.8 Å². The average molecular weight is 271 g/mol. The van der Waals surface area contributed by atoms with Gasteiger partial charge in [0.25, 0.3) is 5.91 Å². The van der Waals surface area contributed by atoms with Gasteiger partial charge < -0.3 is 15.8 Å². The van der Waals surface area contributed by atoms with E-state index in [1.54, 1.807) is 25.1 Å². The Morgan fingerprint density at radius 1 is 1.50 bits per heavy atom. The van der Waals surface area contributed by atoms with E-state index in [0.29, 0.717) is 16.4 Å². The zero-order chi connectivity index (χ0) is 13.7. The quantitative estimate of drug-likeness (QED) is 0.808. The molecule has 1 amide bonds. The summed E-state index contributed by atoms with van der Waals surface area (Å²) in [7, 11) is 0. The smallest absolute Gasteiger partial charge is 0.253 e. The molecule has 100 valence electrons. The third kappa shape index (κ3) is 4.20. The molecule has 4 nitrogen and oxygen atoms in total. The third-order valence-electron chi connectivity index (χ3n) is 2.63. The zero-order valence-electron chi connectivity index (χ0n) is 10.9. The van der Waals surface area contributed by atoms with Crippen molar-refractivity contribution < 1.29 is 9.53 Å². The highest BCUT2D eigenvalue weighted by atomic mass is 35.5. The number of anilines is 2. The van der Waals surface area contributed by atoms with Gasteiger partial charge in [0.1, 0.15) is 6.10 Å². The fourth-order valence-corrected chi connectivity index (χ4v) is 1.61. The molecule has 5 heteroatoms. The summed E-state index contributed by atoms with van der Waals surface area (Å²) < 4.78 is 5.52. The van der Waals surface area contributed by atoms with E-state index in [2.05, 4.69) is 5.32 Å². The highest BCUT2D eigenvalue weighted by Gasteiger charge is 2.16. The lowest BCUT2D eigenvalue weighted by Gasteiger charge is -2.18. The molecule has 0 aromatic heterocycles. The Morgan fingerprint density at radius 2 is 2.17 bits per heavy atom. The molecule has 2 atom stereocenters. The molecule has 0 aliphatic carbocycles. The van der Waals surface area contributed by atoms with Gasteiger partial charge in [-0.25, -0.2) is 0 Å². The van der Waals surface area contributed by atoms with Gasteiger partial charge in [0.15, 0.2) is 0 Å². The monoisotopic (exact) mass is 270 g/mol. The minimum absolute atomic E-state index is 0.0487. The molecule has 0 saturated heterocycles. The normalized spacial score (nSPS) is 14.0. The van der Waals surface area contributed by atoms with Gasteiger partial charge in [0.2, 0.25) is 0 Å². The first-order valence-electron chi connectivity index (χ1n) is 5.95. The fourth-order valence-electron chi connectivity index (χ4n) is 1.37. The lowest BCUT2D eigenvalue weighted by Crippen LogP contribution is -2.30. The van der Waals surface area contributed by atoms with Crippen molar-refractivity contribution in [3.8, 4) is 0 Å². The lowest BCUT2D eigenvalue weighted by molar-refractivity contribution is -0.129. The van der Waals surface area contributed by atoms with Crippen LogP contribution < -0.4 is 11.1 Å². The Bertz CT molecular complexity index is 423. The zero-order valence-corrected chi connectivity index (χ0v) is 11.6. The predicted molar refractivity (Wildman–Crippen MR) is 74.8 cm³/mol. The van der Waals surface area contributed by atoms with E-state index in [0.717, 1.165) is 6.42 Å². The molecule has 0 radical (unpaired) electrons. The molecule has 0 spiro atoms. The van der Waals surface area contributed by atoms with Gasteiger partial charge in [-0.3, -0.25) is 4.79 Å². The summed E-state index contributed by atoms with van der Waals surface area (Å²) in [6.07, 6.45) is 0.390. The molecule has 2 unspecified atom stereocenters. The van der Waals surface area contributed by atoms with Crippen LogP contribution in [-0.4, -0.2) is 18.1 Å². The van der Waals surface area contributed by atoms with Crippen molar-refractivity contribution in [1.82, 2.24) is 0 Å². The van der Waals surface area contributed by atoms with Crippen LogP contribution in [0.3, 0.4) is 0 Å². The van der Waals surface area contributed by atoms with Crippen LogP contribution in [-0.2, 0) is 9.53 Å². The summed E-state index contributed by atoms with van der Waals surface area (Å²) in [5, 5.41) is 3.13. The molecule has 0 saturated carbocycles. The standard InChI is InChI=1S/C13H19ClN2O2/c1-4-8(2)18-9(3)13(17)16-12-6-5-10(15)7-11(12)14/h5-9H,4,15H2,1-3H3,(H,16,17). The minimum Gasteiger partial charge on any atom is -0.399 e. The van der Waals surface area contributed by atoms with Crippen molar-refractivity contribution in [2.75, 3.05) is 11.1 Å². The summed E-state index contributed by atoms with van der Waals surface area (Å²) in [6, 6.07) is 4.95. The van der Waals surface area contributed by atoms with Crippen LogP contribution in [0.1, 0.15) is 27.2 Å². The highest BCUT2D eigenvalue weighted by molar-refractivity contribution is 6.34. The Labute approximate surface area is 112 Å². The maximum absolute atomic E-state index is 11.9. The summed E-state index contributed by atoms with van der Waals surface area (Å²) in [4.78, 5) is 11.9. The largest absolute Gasteiger partial charge is 0.399 e. The minimum atomic E-state index is -0.520. The van der Waals surface area contributed by atoms with Crippen LogP contribution in [0, 0.1) is 0 Å². The second-order valence-electron chi connectivity index (χ2n) is 4.23. The first-order valence-corrected chi connectivity index (χ1v) is 6.33. The van der Waals surface area contributed by atoms with Crippen molar-refractivity contribution >= 4 is 28.9 Å². The molecule has 1 aromatic carbocycles. The maximum Gasteiger partial charge on any atom is 0.253 e. The number of nitrogens with two attached hydrogens (primary N) is 1. The SMILES string of the molecule is CCC(C)OC(C)C(=O)Nc1ccc(N)cc1Cl. The van der Waals surface area contributed by atoms with E-state index >= 15 is 0 Å². The average Bonchev–Trinajstić information content (AvgIpc) is 2.32. The van der Waals surface area contributed by atoms with E-state index in [-0.39, 0.29) is 12.0 Å². The summed E-state index contributed by atoms with van der Waals surface area (Å²) in [6.45, 7) is 5.65. The molecule has 18 heavy (non-hydrogen) atoms. The molecule has 3 N–H and O–H groups in total. The number of amides is 1. The number of rotatable bonds is 5. The van der Waals surface area contributed by atoms with Crippen LogP contribution in [0.15, 0.2) is 18.2 Å². The number of hydrogen-bond acceptors (Lipinski definition) is 3. The number of benzene rings is 1. The van der Waals surface area contributed by atoms with Crippen molar-refractivity contribution in [2.24, 2.45) is 0 Å². The van der Waals surface area contributed by atoms with Crippen molar-refractivity contribution in [3.63, 3.8) is 0 Å². The number of nitrogen functional groups attached to an aromatic ring is 1. The molecule has 0 fully saturated rings. The van der Waals surface area contributed by atoms with Gasteiger partial charge in [-0.2, -0.15) is 0 Å². The van der Waals surface area contributed by atoms with E-state index in [1.807, 2.05) is 13.8 Å². The van der Waals surface area contributed by atoms with E-state index in [9.17, 15) is 4.79 Å². The first kappa shape index (κ1) is 14.8. The number of ether oxygens (including phenoxy) is 1. The van der Waals surface area contributed by atoms with Crippen LogP contribution in [0.5, 0.6) is 0 Å². The van der Waals surface area contributed by atoms with Crippen LogP contribution in [0.25, 0.3) is 0 Å². The summed E-state index contributed by atoms with van der Waals surface area (Å²) in [5.74, 6) is -0.220. The van der Waals surface area contributed by atoms with E-state index < -0.39 is 6.10 Å². The molecular formula is C13H19ClN2O2. The topological polar surface area (TPSA) is 64.3 Å². The molecule has 1 rings (SSSR count). The predicted octanol–water partition coefficient (Wildman–Crippen LogP) is 3.06. The highest BCUT2D eigenvalue weighted by Crippen LogP contribution is 2.24. The van der Waals surface area contributed by atoms with E-state index in [4.69, 9.17) is 22.1 Å². The van der Waals surface area contributed by atoms with Crippen molar-refractivity contribution in [1.29, 1.82) is 0 Å². The van der Waals surface area contributed by atoms with Gasteiger partial charge in [-0.15, -0.1) is 0 Å². The molecule has 0 bridgehead atoms. The van der Waals surface area contributed by atoms with Crippen molar-refractivity contribution in [3.05, 3.63) is 23.2 Å². The fraction of sp³-hybridized carbons (Fsp3) is 0.462. The Morgan fingerprint density at radius 3 is 2.72 bits per heavy atom. The van der Waals surface area contributed by atoms with Crippen LogP contribution >= 0.6 is 11.6 Å². The van der Waals surface area contributed by atoms with Gasteiger partial charge >= 0.3 is 0 Å². The first-order chi connectivity index (χ1) is 8.43. The summed E-state index contributed by atoms with van der Waals surface area (Å²) in [5.41, 5.74) is 6.67. The Hall–Kier alpha value is -1.26. The summed E-state index contributed by atoms with van der Waals surface area (Å²) >= 11 is 5.98. The molecule has 0 aliphatic rings. The van der Waals surface area contributed by atoms with Crippen LogP contribution in [0.4, 0.5) is 11.4 Å². The number of carbonyl (C=O) groups is 1. The van der Waals surface area contributed by atoms with Gasteiger partial charge in [-0.1, -0.05) is 18.5 Å². The molecular weight excluding hydrogens is 252 g/mol. The van der Waals surface area contributed by atoms with E-state index in [1.165, 1.54) is 0 Å². The number of hydrogen-bond donors (Lipinski definition) is 2. The number of nitrogens with one attached hydrogen (secondary N) is 1. The Balaban J connectivity index is 2.64. The molecule has 1 aromatic rings. The maximum atomic E-state index is 11.9.